The Bertz CT molecular complexity index is 1510. The molecule has 2 heterocycles. The molecule has 8 heteroatoms. The van der Waals surface area contributed by atoms with E-state index in [4.69, 9.17) is 9.47 Å². The first-order valence-corrected chi connectivity index (χ1v) is 11.5. The Morgan fingerprint density at radius 2 is 1.75 bits per heavy atom. The van der Waals surface area contributed by atoms with Crippen molar-refractivity contribution in [3.63, 3.8) is 0 Å². The summed E-state index contributed by atoms with van der Waals surface area (Å²) in [4.78, 5) is 44.0. The van der Waals surface area contributed by atoms with Gasteiger partial charge in [-0.2, -0.15) is 0 Å². The van der Waals surface area contributed by atoms with Crippen molar-refractivity contribution in [1.82, 2.24) is 9.55 Å². The van der Waals surface area contributed by atoms with E-state index >= 15 is 0 Å². The maximum Gasteiger partial charge on any atom is 0.244 e. The maximum absolute atomic E-state index is 13.3. The van der Waals surface area contributed by atoms with Crippen LogP contribution in [0, 0.1) is 6.92 Å². The van der Waals surface area contributed by atoms with Crippen molar-refractivity contribution < 1.29 is 19.1 Å². The highest BCUT2D eigenvalue weighted by atomic mass is 16.5. The monoisotopic (exact) mass is 485 g/mol. The molecule has 0 saturated carbocycles. The van der Waals surface area contributed by atoms with Crippen molar-refractivity contribution in [3.8, 4) is 11.5 Å². The Labute approximate surface area is 208 Å². The number of methoxy groups -OCH3 is 2. The van der Waals surface area contributed by atoms with Gasteiger partial charge in [0.15, 0.2) is 5.78 Å². The number of rotatable bonds is 8. The van der Waals surface area contributed by atoms with Crippen LogP contribution in [0.5, 0.6) is 11.5 Å². The van der Waals surface area contributed by atoms with Crippen LogP contribution in [-0.2, 0) is 17.8 Å². The second-order valence-corrected chi connectivity index (χ2v) is 8.32. The summed E-state index contributed by atoms with van der Waals surface area (Å²) in [5, 5.41) is 3.09. The van der Waals surface area contributed by atoms with Crippen LogP contribution in [-0.4, -0.2) is 35.5 Å². The quantitative estimate of drug-likeness (QED) is 0.377. The first-order chi connectivity index (χ1) is 17.3. The smallest absolute Gasteiger partial charge is 0.244 e. The van der Waals surface area contributed by atoms with E-state index in [0.717, 1.165) is 12.0 Å². The van der Waals surface area contributed by atoms with E-state index in [1.807, 2.05) is 19.1 Å². The lowest BCUT2D eigenvalue weighted by molar-refractivity contribution is -0.116. The molecule has 0 spiro atoms. The number of anilines is 1. The van der Waals surface area contributed by atoms with E-state index in [2.05, 4.69) is 10.3 Å². The third-order valence-electron chi connectivity index (χ3n) is 5.93. The standard InChI is InChI=1S/C28H27N3O5/c1-5-18-7-9-19(10-8-18)26(33)22-15-31(28-21(27(22)34)12-6-17(2)29-28)16-25(32)30-23-13-11-20(35-3)14-24(23)36-4/h6-15H,5,16H2,1-4H3,(H,30,32). The molecule has 0 saturated heterocycles. The molecule has 0 unspecified atom stereocenters. The largest absolute Gasteiger partial charge is 0.497 e. The molecule has 1 amide bonds. The topological polar surface area (TPSA) is 99.5 Å². The van der Waals surface area contributed by atoms with Crippen molar-refractivity contribution in [3.05, 3.63) is 93.4 Å². The van der Waals surface area contributed by atoms with Gasteiger partial charge in [0, 0.05) is 23.5 Å². The van der Waals surface area contributed by atoms with E-state index in [1.165, 1.54) is 17.9 Å². The molecule has 4 rings (SSSR count). The van der Waals surface area contributed by atoms with Crippen LogP contribution >= 0.6 is 0 Å². The summed E-state index contributed by atoms with van der Waals surface area (Å²) in [6, 6.07) is 15.6. The van der Waals surface area contributed by atoms with Gasteiger partial charge in [-0.25, -0.2) is 4.98 Å². The molecule has 0 atom stereocenters. The maximum atomic E-state index is 13.3. The zero-order valence-electron chi connectivity index (χ0n) is 20.6. The summed E-state index contributed by atoms with van der Waals surface area (Å²) in [6.45, 7) is 3.66. The molecule has 1 N–H and O–H groups in total. The number of hydrogen-bond donors (Lipinski definition) is 1. The molecule has 0 bridgehead atoms. The molecule has 0 fully saturated rings. The average Bonchev–Trinajstić information content (AvgIpc) is 2.90. The van der Waals surface area contributed by atoms with Crippen molar-refractivity contribution in [2.24, 2.45) is 0 Å². The highest BCUT2D eigenvalue weighted by molar-refractivity contribution is 6.10. The Hall–Kier alpha value is -4.46. The molecule has 8 nitrogen and oxygen atoms in total. The van der Waals surface area contributed by atoms with Crippen molar-refractivity contribution in [2.45, 2.75) is 26.8 Å². The van der Waals surface area contributed by atoms with Crippen LogP contribution < -0.4 is 20.2 Å². The number of pyridine rings is 2. The molecule has 0 aliphatic heterocycles. The second kappa shape index (κ2) is 10.4. The van der Waals surface area contributed by atoms with E-state index < -0.39 is 11.2 Å². The predicted molar refractivity (Wildman–Crippen MR) is 138 cm³/mol. The average molecular weight is 486 g/mol. The molecule has 0 aliphatic carbocycles. The van der Waals surface area contributed by atoms with Crippen LogP contribution in [0.4, 0.5) is 5.69 Å². The van der Waals surface area contributed by atoms with E-state index in [0.29, 0.717) is 34.1 Å². The van der Waals surface area contributed by atoms with Crippen LogP contribution in [0.3, 0.4) is 0 Å². The number of nitrogens with one attached hydrogen (secondary N) is 1. The van der Waals surface area contributed by atoms with E-state index in [1.54, 1.807) is 56.5 Å². The number of carbonyl (C=O) groups excluding carboxylic acids is 2. The number of carbonyl (C=O) groups is 2. The summed E-state index contributed by atoms with van der Waals surface area (Å²) in [7, 11) is 3.04. The summed E-state index contributed by atoms with van der Waals surface area (Å²) < 4.78 is 12.1. The first kappa shape index (κ1) is 24.7. The fourth-order valence-electron chi connectivity index (χ4n) is 3.94. The highest BCUT2D eigenvalue weighted by Crippen LogP contribution is 2.29. The van der Waals surface area contributed by atoms with Crippen LogP contribution in [0.25, 0.3) is 11.0 Å². The number of fused-ring (bicyclic) bond motifs is 1. The van der Waals surface area contributed by atoms with Crippen LogP contribution in [0.2, 0.25) is 0 Å². The molecule has 0 radical (unpaired) electrons. The highest BCUT2D eigenvalue weighted by Gasteiger charge is 2.19. The van der Waals surface area contributed by atoms with Gasteiger partial charge in [-0.1, -0.05) is 31.2 Å². The van der Waals surface area contributed by atoms with Gasteiger partial charge in [0.1, 0.15) is 23.7 Å². The molecule has 2 aromatic heterocycles. The Balaban J connectivity index is 1.73. The molecular weight excluding hydrogens is 458 g/mol. The lowest BCUT2D eigenvalue weighted by Crippen LogP contribution is -2.25. The molecular formula is C28H27N3O5. The van der Waals surface area contributed by atoms with Gasteiger partial charge in [0.05, 0.1) is 30.9 Å². The fourth-order valence-corrected chi connectivity index (χ4v) is 3.94. The molecule has 4 aromatic rings. The van der Waals surface area contributed by atoms with Crippen molar-refractivity contribution >= 4 is 28.4 Å². The summed E-state index contributed by atoms with van der Waals surface area (Å²) in [5.41, 5.74) is 2.53. The van der Waals surface area contributed by atoms with Crippen molar-refractivity contribution in [1.29, 1.82) is 0 Å². The molecule has 184 valence electrons. The van der Waals surface area contributed by atoms with Gasteiger partial charge in [-0.05, 0) is 43.2 Å². The minimum absolute atomic E-state index is 0.0211. The minimum atomic E-state index is -0.421. The molecule has 2 aromatic carbocycles. The minimum Gasteiger partial charge on any atom is -0.497 e. The lowest BCUT2D eigenvalue weighted by Gasteiger charge is -2.15. The SMILES string of the molecule is CCc1ccc(C(=O)c2cn(CC(=O)Nc3ccc(OC)cc3OC)c3nc(C)ccc3c2=O)cc1. The number of ketones is 1. The Morgan fingerprint density at radius 1 is 1.00 bits per heavy atom. The summed E-state index contributed by atoms with van der Waals surface area (Å²) in [5.74, 6) is 0.243. The number of nitrogens with zero attached hydrogens (tertiary/aromatic N) is 2. The Kier molecular flexibility index (Phi) is 7.15. The van der Waals surface area contributed by atoms with Crippen molar-refractivity contribution in [2.75, 3.05) is 19.5 Å². The number of aryl methyl sites for hydroxylation is 2. The van der Waals surface area contributed by atoms with Gasteiger partial charge >= 0.3 is 0 Å². The number of amides is 1. The molecule has 36 heavy (non-hydrogen) atoms. The summed E-state index contributed by atoms with van der Waals surface area (Å²) >= 11 is 0. The normalized spacial score (nSPS) is 10.8. The zero-order valence-corrected chi connectivity index (χ0v) is 20.6. The lowest BCUT2D eigenvalue weighted by atomic mass is 10.0. The summed E-state index contributed by atoms with van der Waals surface area (Å²) in [6.07, 6.45) is 2.26. The van der Waals surface area contributed by atoms with Gasteiger partial charge in [0.2, 0.25) is 11.3 Å². The first-order valence-electron chi connectivity index (χ1n) is 11.5. The second-order valence-electron chi connectivity index (χ2n) is 8.32. The third-order valence-corrected chi connectivity index (χ3v) is 5.93. The molecule has 0 aliphatic rings. The number of hydrogen-bond acceptors (Lipinski definition) is 6. The predicted octanol–water partition coefficient (Wildman–Crippen LogP) is 4.15. The zero-order chi connectivity index (χ0) is 25.8. The van der Waals surface area contributed by atoms with Gasteiger partial charge in [-0.15, -0.1) is 0 Å². The van der Waals surface area contributed by atoms with Gasteiger partial charge < -0.3 is 19.4 Å². The van der Waals surface area contributed by atoms with Crippen LogP contribution in [0.15, 0.2) is 65.6 Å². The fraction of sp³-hybridized carbons (Fsp3) is 0.214. The number of ether oxygens (including phenoxy) is 2. The van der Waals surface area contributed by atoms with E-state index in [-0.39, 0.29) is 23.4 Å². The van der Waals surface area contributed by atoms with Gasteiger partial charge in [0.25, 0.3) is 0 Å². The third kappa shape index (κ3) is 4.98. The number of benzene rings is 2. The van der Waals surface area contributed by atoms with E-state index in [9.17, 15) is 14.4 Å². The number of aromatic nitrogens is 2. The van der Waals surface area contributed by atoms with Gasteiger partial charge in [-0.3, -0.25) is 14.4 Å². The van der Waals surface area contributed by atoms with Crippen LogP contribution in [0.1, 0.15) is 34.1 Å². The Morgan fingerprint density at radius 3 is 2.42 bits per heavy atom.